The summed E-state index contributed by atoms with van der Waals surface area (Å²) in [6, 6.07) is 4.17. The zero-order valence-corrected chi connectivity index (χ0v) is 11.5. The molecular weight excluding hydrogens is 335 g/mol. The first-order valence-corrected chi connectivity index (χ1v) is 6.17. The minimum atomic E-state index is -0.711. The quantitative estimate of drug-likeness (QED) is 0.656. The van der Waals surface area contributed by atoms with Gasteiger partial charge in [0, 0.05) is 11.0 Å². The molecule has 2 aromatic rings. The van der Waals surface area contributed by atoms with Crippen molar-refractivity contribution >= 4 is 27.5 Å². The van der Waals surface area contributed by atoms with Crippen LogP contribution in [0.3, 0.4) is 0 Å². The van der Waals surface area contributed by atoms with Crippen LogP contribution in [0.4, 0.5) is 10.1 Å². The van der Waals surface area contributed by atoms with Crippen LogP contribution in [0.5, 0.6) is 0 Å². The van der Waals surface area contributed by atoms with Crippen molar-refractivity contribution in [2.45, 2.75) is 6.54 Å². The summed E-state index contributed by atoms with van der Waals surface area (Å²) in [5.41, 5.74) is -0.138. The molecule has 0 aliphatic heterocycles. The van der Waals surface area contributed by atoms with Crippen LogP contribution in [0, 0.1) is 15.9 Å². The first-order valence-electron chi connectivity index (χ1n) is 5.38. The smallest absolute Gasteiger partial charge is 0.319 e. The van der Waals surface area contributed by atoms with Gasteiger partial charge in [0.25, 0.3) is 5.91 Å². The van der Waals surface area contributed by atoms with E-state index >= 15 is 0 Å². The summed E-state index contributed by atoms with van der Waals surface area (Å²) in [7, 11) is 0. The average molecular weight is 343 g/mol. The van der Waals surface area contributed by atoms with E-state index in [9.17, 15) is 19.3 Å². The molecule has 1 aromatic carbocycles. The van der Waals surface area contributed by atoms with Crippen molar-refractivity contribution < 1.29 is 14.1 Å². The van der Waals surface area contributed by atoms with Crippen molar-refractivity contribution in [3.05, 3.63) is 56.1 Å². The second-order valence-corrected chi connectivity index (χ2v) is 4.76. The maximum Gasteiger partial charge on any atom is 0.319 e. The highest BCUT2D eigenvalue weighted by molar-refractivity contribution is 9.10. The van der Waals surface area contributed by atoms with Crippen molar-refractivity contribution in [2.75, 3.05) is 0 Å². The van der Waals surface area contributed by atoms with E-state index < -0.39 is 22.3 Å². The topological polar surface area (TPSA) is 101 Å². The molecule has 0 atom stereocenters. The minimum Gasteiger partial charge on any atom is -0.346 e. The molecule has 2 rings (SSSR count). The SMILES string of the molecule is O=C(NCc1cc(F)cc(Br)c1)c1[nH]ncc1[N+](=O)[O-]. The molecular formula is C11H8BrFN4O3. The molecule has 104 valence electrons. The van der Waals surface area contributed by atoms with Crippen LogP contribution in [0.15, 0.2) is 28.9 Å². The lowest BCUT2D eigenvalue weighted by Gasteiger charge is -2.04. The largest absolute Gasteiger partial charge is 0.346 e. The van der Waals surface area contributed by atoms with E-state index in [1.54, 1.807) is 6.07 Å². The Hall–Kier alpha value is -2.29. The Balaban J connectivity index is 2.08. The third-order valence-corrected chi connectivity index (χ3v) is 2.88. The Morgan fingerprint density at radius 2 is 2.25 bits per heavy atom. The van der Waals surface area contributed by atoms with E-state index in [1.807, 2.05) is 0 Å². The number of benzene rings is 1. The molecule has 0 bridgehead atoms. The molecule has 0 unspecified atom stereocenters. The average Bonchev–Trinajstić information content (AvgIpc) is 2.84. The Kier molecular flexibility index (Phi) is 4.08. The van der Waals surface area contributed by atoms with E-state index in [1.165, 1.54) is 12.1 Å². The van der Waals surface area contributed by atoms with Gasteiger partial charge in [-0.2, -0.15) is 5.10 Å². The molecule has 0 aliphatic rings. The molecule has 2 N–H and O–H groups in total. The number of hydrogen-bond acceptors (Lipinski definition) is 4. The third-order valence-electron chi connectivity index (χ3n) is 2.42. The molecule has 0 saturated carbocycles. The zero-order chi connectivity index (χ0) is 14.7. The predicted molar refractivity (Wildman–Crippen MR) is 70.5 cm³/mol. The number of amides is 1. The van der Waals surface area contributed by atoms with Gasteiger partial charge in [-0.15, -0.1) is 0 Å². The fraction of sp³-hybridized carbons (Fsp3) is 0.0909. The molecule has 1 heterocycles. The first kappa shape index (κ1) is 14.1. The number of nitrogens with one attached hydrogen (secondary N) is 2. The Bertz CT molecular complexity index is 653. The minimum absolute atomic E-state index is 0.0331. The fourth-order valence-electron chi connectivity index (χ4n) is 1.57. The summed E-state index contributed by atoms with van der Waals surface area (Å²) in [5.74, 6) is -1.13. The van der Waals surface area contributed by atoms with Gasteiger partial charge in [-0.05, 0) is 23.8 Å². The molecule has 0 radical (unpaired) electrons. The van der Waals surface area contributed by atoms with Gasteiger partial charge < -0.3 is 5.32 Å². The second kappa shape index (κ2) is 5.78. The maximum absolute atomic E-state index is 13.1. The monoisotopic (exact) mass is 342 g/mol. The number of nitro groups is 1. The molecule has 7 nitrogen and oxygen atoms in total. The summed E-state index contributed by atoms with van der Waals surface area (Å²) < 4.78 is 13.7. The molecule has 9 heteroatoms. The van der Waals surface area contributed by atoms with Gasteiger partial charge in [0.05, 0.1) is 4.92 Å². The van der Waals surface area contributed by atoms with E-state index in [4.69, 9.17) is 0 Å². The number of aromatic nitrogens is 2. The number of carbonyl (C=O) groups is 1. The molecule has 0 spiro atoms. The molecule has 1 aromatic heterocycles. The lowest BCUT2D eigenvalue weighted by molar-refractivity contribution is -0.385. The van der Waals surface area contributed by atoms with E-state index in [0.717, 1.165) is 6.20 Å². The van der Waals surface area contributed by atoms with Crippen molar-refractivity contribution in [1.82, 2.24) is 15.5 Å². The van der Waals surface area contributed by atoms with Gasteiger partial charge in [0.1, 0.15) is 12.0 Å². The van der Waals surface area contributed by atoms with Gasteiger partial charge in [0.15, 0.2) is 0 Å². The van der Waals surface area contributed by atoms with Gasteiger partial charge in [-0.25, -0.2) is 4.39 Å². The normalized spacial score (nSPS) is 10.3. The van der Waals surface area contributed by atoms with Gasteiger partial charge in [-0.1, -0.05) is 15.9 Å². The summed E-state index contributed by atoms with van der Waals surface area (Å²) in [4.78, 5) is 21.7. The predicted octanol–water partition coefficient (Wildman–Crippen LogP) is 2.15. The second-order valence-electron chi connectivity index (χ2n) is 3.85. The van der Waals surface area contributed by atoms with Gasteiger partial charge >= 0.3 is 5.69 Å². The van der Waals surface area contributed by atoms with Crippen LogP contribution in [0.25, 0.3) is 0 Å². The highest BCUT2D eigenvalue weighted by Gasteiger charge is 2.22. The number of halogens is 2. The zero-order valence-electron chi connectivity index (χ0n) is 9.89. The summed E-state index contributed by atoms with van der Waals surface area (Å²) >= 11 is 3.13. The lowest BCUT2D eigenvalue weighted by atomic mass is 10.2. The molecule has 0 fully saturated rings. The highest BCUT2D eigenvalue weighted by Crippen LogP contribution is 2.16. The van der Waals surface area contributed by atoms with E-state index in [0.29, 0.717) is 10.0 Å². The molecule has 1 amide bonds. The molecule has 0 saturated heterocycles. The summed E-state index contributed by atoms with van der Waals surface area (Å²) in [6.45, 7) is 0.0331. The lowest BCUT2D eigenvalue weighted by Crippen LogP contribution is -2.24. The third kappa shape index (κ3) is 3.18. The standard InChI is InChI=1S/C11H8BrFN4O3/c12-7-1-6(2-8(13)3-7)4-14-11(18)10-9(17(19)20)5-15-16-10/h1-3,5H,4H2,(H,14,18)(H,15,16). The van der Waals surface area contributed by atoms with Gasteiger partial charge in [0.2, 0.25) is 5.69 Å². The number of rotatable bonds is 4. The van der Waals surface area contributed by atoms with Crippen molar-refractivity contribution in [2.24, 2.45) is 0 Å². The van der Waals surface area contributed by atoms with Crippen molar-refractivity contribution in [3.63, 3.8) is 0 Å². The van der Waals surface area contributed by atoms with Crippen LogP contribution in [-0.2, 0) is 6.54 Å². The van der Waals surface area contributed by atoms with Crippen LogP contribution < -0.4 is 5.32 Å². The fourth-order valence-corrected chi connectivity index (χ4v) is 2.08. The van der Waals surface area contributed by atoms with Crippen LogP contribution in [0.2, 0.25) is 0 Å². The number of nitrogens with zero attached hydrogens (tertiary/aromatic N) is 2. The summed E-state index contributed by atoms with van der Waals surface area (Å²) in [5, 5.41) is 18.8. The van der Waals surface area contributed by atoms with E-state index in [-0.39, 0.29) is 12.2 Å². The van der Waals surface area contributed by atoms with Crippen LogP contribution >= 0.6 is 15.9 Å². The van der Waals surface area contributed by atoms with Crippen molar-refractivity contribution in [3.8, 4) is 0 Å². The highest BCUT2D eigenvalue weighted by atomic mass is 79.9. The Morgan fingerprint density at radius 1 is 1.50 bits per heavy atom. The molecule has 0 aliphatic carbocycles. The van der Waals surface area contributed by atoms with Gasteiger partial charge in [-0.3, -0.25) is 20.0 Å². The first-order chi connectivity index (χ1) is 9.47. The maximum atomic E-state index is 13.1. The number of hydrogen-bond donors (Lipinski definition) is 2. The van der Waals surface area contributed by atoms with Crippen LogP contribution in [0.1, 0.15) is 16.1 Å². The Morgan fingerprint density at radius 3 is 2.90 bits per heavy atom. The number of H-pyrrole nitrogens is 1. The van der Waals surface area contributed by atoms with E-state index in [2.05, 4.69) is 31.4 Å². The van der Waals surface area contributed by atoms with Crippen LogP contribution in [-0.4, -0.2) is 21.0 Å². The number of aromatic amines is 1. The Labute approximate surface area is 120 Å². The molecule has 20 heavy (non-hydrogen) atoms. The van der Waals surface area contributed by atoms with Crippen molar-refractivity contribution in [1.29, 1.82) is 0 Å². The summed E-state index contributed by atoms with van der Waals surface area (Å²) in [6.07, 6.45) is 0.952. The number of carbonyl (C=O) groups excluding carboxylic acids is 1.